The quantitative estimate of drug-likeness (QED) is 0.790. The molecule has 7 nitrogen and oxygen atoms in total. The number of carboxylic acids is 1. The Hall–Kier alpha value is -2.13. The minimum Gasteiger partial charge on any atom is -0.481 e. The fourth-order valence-electron chi connectivity index (χ4n) is 2.52. The number of anilines is 1. The van der Waals surface area contributed by atoms with Crippen molar-refractivity contribution in [1.29, 1.82) is 0 Å². The van der Waals surface area contributed by atoms with Gasteiger partial charge in [-0.15, -0.1) is 10.2 Å². The summed E-state index contributed by atoms with van der Waals surface area (Å²) >= 11 is 1.01. The average molecular weight is 351 g/mol. The standard InChI is InChI=1S/C15H18FN5O2S/c1-20-4-6-21(7-5-20)10-2-3-11(12(16)8-10)14-17-15(19-18-14)24-9-13(22)23/h2-3,8H,4-7,9H2,1H3,(H,22,23)(H,17,18,19). The van der Waals surface area contributed by atoms with Crippen LogP contribution in [0.25, 0.3) is 11.4 Å². The number of aromatic amines is 1. The first-order valence-electron chi connectivity index (χ1n) is 7.53. The molecule has 3 rings (SSSR count). The molecule has 1 aliphatic heterocycles. The first kappa shape index (κ1) is 16.7. The monoisotopic (exact) mass is 351 g/mol. The largest absolute Gasteiger partial charge is 0.481 e. The van der Waals surface area contributed by atoms with Gasteiger partial charge in [0.05, 0.1) is 11.3 Å². The molecule has 0 unspecified atom stereocenters. The number of halogens is 1. The Labute approximate surface area is 142 Å². The lowest BCUT2D eigenvalue weighted by Gasteiger charge is -2.34. The van der Waals surface area contributed by atoms with Crippen LogP contribution in [0.1, 0.15) is 0 Å². The van der Waals surface area contributed by atoms with Crippen molar-refractivity contribution >= 4 is 23.4 Å². The van der Waals surface area contributed by atoms with Crippen LogP contribution in [-0.4, -0.2) is 70.1 Å². The molecule has 1 aliphatic rings. The molecular formula is C15H18FN5O2S. The van der Waals surface area contributed by atoms with Crippen LogP contribution in [0.5, 0.6) is 0 Å². The molecule has 2 aromatic rings. The Morgan fingerprint density at radius 1 is 1.33 bits per heavy atom. The molecule has 0 bridgehead atoms. The van der Waals surface area contributed by atoms with Crippen LogP contribution >= 0.6 is 11.8 Å². The molecule has 2 heterocycles. The fourth-order valence-corrected chi connectivity index (χ4v) is 3.05. The third kappa shape index (κ3) is 3.85. The molecule has 1 aromatic heterocycles. The van der Waals surface area contributed by atoms with Crippen molar-refractivity contribution in [3.8, 4) is 11.4 Å². The van der Waals surface area contributed by atoms with Gasteiger partial charge in [-0.05, 0) is 25.2 Å². The number of piperazine rings is 1. The number of thioether (sulfide) groups is 1. The molecule has 1 aromatic carbocycles. The molecule has 128 valence electrons. The maximum absolute atomic E-state index is 14.5. The van der Waals surface area contributed by atoms with E-state index in [0.29, 0.717) is 16.5 Å². The molecule has 1 fully saturated rings. The maximum atomic E-state index is 14.5. The third-order valence-corrected chi connectivity index (χ3v) is 4.72. The number of H-pyrrole nitrogens is 1. The predicted octanol–water partition coefficient (Wildman–Crippen LogP) is 1.54. The number of benzene rings is 1. The lowest BCUT2D eigenvalue weighted by Crippen LogP contribution is -2.44. The summed E-state index contributed by atoms with van der Waals surface area (Å²) in [4.78, 5) is 17.8. The number of hydrogen-bond acceptors (Lipinski definition) is 6. The highest BCUT2D eigenvalue weighted by Crippen LogP contribution is 2.26. The molecule has 24 heavy (non-hydrogen) atoms. The second-order valence-electron chi connectivity index (χ2n) is 5.62. The minimum absolute atomic E-state index is 0.126. The van der Waals surface area contributed by atoms with Crippen LogP contribution in [0, 0.1) is 5.82 Å². The Balaban J connectivity index is 1.74. The first-order valence-corrected chi connectivity index (χ1v) is 8.52. The number of nitrogens with zero attached hydrogens (tertiary/aromatic N) is 4. The topological polar surface area (TPSA) is 85.3 Å². The van der Waals surface area contributed by atoms with Crippen molar-refractivity contribution in [3.05, 3.63) is 24.0 Å². The maximum Gasteiger partial charge on any atom is 0.313 e. The summed E-state index contributed by atoms with van der Waals surface area (Å²) in [6.07, 6.45) is 0. The van der Waals surface area contributed by atoms with E-state index in [1.54, 1.807) is 6.07 Å². The van der Waals surface area contributed by atoms with Gasteiger partial charge in [-0.25, -0.2) is 4.39 Å². The number of hydrogen-bond donors (Lipinski definition) is 2. The summed E-state index contributed by atoms with van der Waals surface area (Å²) in [5.41, 5.74) is 1.17. The average Bonchev–Trinajstić information content (AvgIpc) is 3.02. The smallest absolute Gasteiger partial charge is 0.313 e. The van der Waals surface area contributed by atoms with Gasteiger partial charge in [0.2, 0.25) is 0 Å². The van der Waals surface area contributed by atoms with Crippen molar-refractivity contribution in [1.82, 2.24) is 20.1 Å². The number of likely N-dealkylation sites (N-methyl/N-ethyl adjacent to an activating group) is 1. The number of rotatable bonds is 5. The van der Waals surface area contributed by atoms with Crippen molar-refractivity contribution in [2.45, 2.75) is 5.16 Å². The number of aromatic nitrogens is 3. The Kier molecular flexibility index (Phi) is 5.00. The first-order chi connectivity index (χ1) is 11.5. The molecule has 0 radical (unpaired) electrons. The second-order valence-corrected chi connectivity index (χ2v) is 6.58. The number of carbonyl (C=O) groups is 1. The van der Waals surface area contributed by atoms with Gasteiger partial charge in [0, 0.05) is 31.9 Å². The van der Waals surface area contributed by atoms with Crippen LogP contribution < -0.4 is 4.90 Å². The molecular weight excluding hydrogens is 333 g/mol. The van der Waals surface area contributed by atoms with Gasteiger partial charge in [-0.2, -0.15) is 0 Å². The van der Waals surface area contributed by atoms with E-state index in [4.69, 9.17) is 5.11 Å². The SMILES string of the molecule is CN1CCN(c2ccc(-c3nnc(SCC(=O)O)[nH]3)c(F)c2)CC1. The number of nitrogens with one attached hydrogen (secondary N) is 1. The molecule has 0 aliphatic carbocycles. The highest BCUT2D eigenvalue weighted by molar-refractivity contribution is 7.99. The third-order valence-electron chi connectivity index (χ3n) is 3.87. The lowest BCUT2D eigenvalue weighted by atomic mass is 10.1. The fraction of sp³-hybridized carbons (Fsp3) is 0.400. The predicted molar refractivity (Wildman–Crippen MR) is 89.8 cm³/mol. The van der Waals surface area contributed by atoms with E-state index in [0.717, 1.165) is 43.6 Å². The van der Waals surface area contributed by atoms with Crippen LogP contribution in [0.2, 0.25) is 0 Å². The number of carboxylic acid groups (broad SMARTS) is 1. The summed E-state index contributed by atoms with van der Waals surface area (Å²) in [7, 11) is 2.07. The van der Waals surface area contributed by atoms with Gasteiger partial charge in [0.15, 0.2) is 11.0 Å². The van der Waals surface area contributed by atoms with E-state index in [9.17, 15) is 9.18 Å². The van der Waals surface area contributed by atoms with Crippen LogP contribution in [0.4, 0.5) is 10.1 Å². The zero-order valence-corrected chi connectivity index (χ0v) is 14.0. The second kappa shape index (κ2) is 7.18. The van der Waals surface area contributed by atoms with E-state index < -0.39 is 5.97 Å². The summed E-state index contributed by atoms with van der Waals surface area (Å²) < 4.78 is 14.5. The summed E-state index contributed by atoms with van der Waals surface area (Å²) in [5.74, 6) is -1.15. The molecule has 2 N–H and O–H groups in total. The summed E-state index contributed by atoms with van der Waals surface area (Å²) in [6, 6.07) is 5.05. The lowest BCUT2D eigenvalue weighted by molar-refractivity contribution is -0.133. The van der Waals surface area contributed by atoms with Gasteiger partial charge in [0.1, 0.15) is 5.82 Å². The van der Waals surface area contributed by atoms with Gasteiger partial charge in [-0.1, -0.05) is 11.8 Å². The molecule has 1 saturated heterocycles. The van der Waals surface area contributed by atoms with Crippen LogP contribution in [0.15, 0.2) is 23.4 Å². The van der Waals surface area contributed by atoms with E-state index in [2.05, 4.69) is 32.0 Å². The van der Waals surface area contributed by atoms with Gasteiger partial charge in [0.25, 0.3) is 0 Å². The molecule has 0 saturated carbocycles. The van der Waals surface area contributed by atoms with E-state index in [-0.39, 0.29) is 11.6 Å². The Morgan fingerprint density at radius 3 is 2.75 bits per heavy atom. The Bertz CT molecular complexity index is 730. The van der Waals surface area contributed by atoms with Gasteiger partial charge in [-0.3, -0.25) is 4.79 Å². The highest BCUT2D eigenvalue weighted by atomic mass is 32.2. The van der Waals surface area contributed by atoms with E-state index >= 15 is 0 Å². The zero-order valence-electron chi connectivity index (χ0n) is 13.2. The molecule has 0 atom stereocenters. The minimum atomic E-state index is -0.944. The Morgan fingerprint density at radius 2 is 2.08 bits per heavy atom. The van der Waals surface area contributed by atoms with Crippen LogP contribution in [0.3, 0.4) is 0 Å². The van der Waals surface area contributed by atoms with Crippen molar-refractivity contribution < 1.29 is 14.3 Å². The normalized spacial score (nSPS) is 15.7. The van der Waals surface area contributed by atoms with Crippen molar-refractivity contribution in [2.24, 2.45) is 0 Å². The number of aliphatic carboxylic acids is 1. The highest BCUT2D eigenvalue weighted by Gasteiger charge is 2.17. The zero-order chi connectivity index (χ0) is 17.1. The van der Waals surface area contributed by atoms with Gasteiger partial charge >= 0.3 is 5.97 Å². The molecule has 0 amide bonds. The summed E-state index contributed by atoms with van der Waals surface area (Å²) in [6.45, 7) is 3.65. The van der Waals surface area contributed by atoms with Crippen molar-refractivity contribution in [3.63, 3.8) is 0 Å². The van der Waals surface area contributed by atoms with Crippen LogP contribution in [-0.2, 0) is 4.79 Å². The van der Waals surface area contributed by atoms with E-state index in [1.165, 1.54) is 6.07 Å². The summed E-state index contributed by atoms with van der Waals surface area (Å²) in [5, 5.41) is 16.8. The van der Waals surface area contributed by atoms with Gasteiger partial charge < -0.3 is 19.9 Å². The molecule has 0 spiro atoms. The van der Waals surface area contributed by atoms with E-state index in [1.807, 2.05) is 6.07 Å². The van der Waals surface area contributed by atoms with Crippen molar-refractivity contribution in [2.75, 3.05) is 43.9 Å². The molecule has 9 heteroatoms.